The molecule has 1 spiro atoms. The van der Waals surface area contributed by atoms with E-state index >= 15 is 0 Å². The molecule has 0 aromatic heterocycles. The van der Waals surface area contributed by atoms with E-state index < -0.39 is 0 Å². The van der Waals surface area contributed by atoms with Gasteiger partial charge in [-0.25, -0.2) is 0 Å². The summed E-state index contributed by atoms with van der Waals surface area (Å²) in [5.74, 6) is 3.25. The number of piperidine rings is 2. The van der Waals surface area contributed by atoms with Crippen LogP contribution in [-0.2, 0) is 4.79 Å². The fraction of sp³-hybridized carbons (Fsp3) is 0.957. The zero-order chi connectivity index (χ0) is 18.7. The molecule has 3 fully saturated rings. The first-order valence-electron chi connectivity index (χ1n) is 11.4. The fourth-order valence-electron chi connectivity index (χ4n) is 5.71. The molecule has 150 valence electrons. The topological polar surface area (TPSA) is 23.6 Å². The lowest BCUT2D eigenvalue weighted by Gasteiger charge is -2.47. The predicted molar refractivity (Wildman–Crippen MR) is 109 cm³/mol. The molecule has 0 unspecified atom stereocenters. The van der Waals surface area contributed by atoms with Crippen molar-refractivity contribution in [1.29, 1.82) is 0 Å². The van der Waals surface area contributed by atoms with Gasteiger partial charge in [0.15, 0.2) is 0 Å². The standard InChI is InChI=1S/C23H42N2O/c1-18(2)21-7-13-24(14-8-21)17-20-5-9-23(10-6-20)11-15-25(16-12-23)22(26)19(3)4/h18-21H,5-17H2,1-4H3. The van der Waals surface area contributed by atoms with Gasteiger partial charge in [0.05, 0.1) is 0 Å². The highest BCUT2D eigenvalue weighted by molar-refractivity contribution is 5.78. The number of hydrogen-bond acceptors (Lipinski definition) is 2. The van der Waals surface area contributed by atoms with Crippen LogP contribution in [0.25, 0.3) is 0 Å². The summed E-state index contributed by atoms with van der Waals surface area (Å²) in [6.07, 6.45) is 11.0. The van der Waals surface area contributed by atoms with Crippen LogP contribution in [-0.4, -0.2) is 48.4 Å². The molecule has 2 aliphatic heterocycles. The van der Waals surface area contributed by atoms with Crippen molar-refractivity contribution in [2.75, 3.05) is 32.7 Å². The van der Waals surface area contributed by atoms with E-state index in [1.807, 2.05) is 13.8 Å². The van der Waals surface area contributed by atoms with Crippen LogP contribution in [0, 0.1) is 29.1 Å². The van der Waals surface area contributed by atoms with Crippen molar-refractivity contribution >= 4 is 5.91 Å². The summed E-state index contributed by atoms with van der Waals surface area (Å²) in [5.41, 5.74) is 0.564. The van der Waals surface area contributed by atoms with Gasteiger partial charge in [0, 0.05) is 25.6 Å². The molecule has 3 heteroatoms. The second-order valence-electron chi connectivity index (χ2n) is 10.3. The zero-order valence-corrected chi connectivity index (χ0v) is 17.8. The lowest BCUT2D eigenvalue weighted by atomic mass is 9.65. The van der Waals surface area contributed by atoms with Gasteiger partial charge in [-0.1, -0.05) is 27.7 Å². The van der Waals surface area contributed by atoms with Crippen molar-refractivity contribution in [1.82, 2.24) is 9.80 Å². The quantitative estimate of drug-likeness (QED) is 0.716. The molecule has 1 amide bonds. The molecule has 1 saturated carbocycles. The number of carbonyl (C=O) groups excluding carboxylic acids is 1. The zero-order valence-electron chi connectivity index (χ0n) is 17.8. The summed E-state index contributed by atoms with van der Waals surface area (Å²) >= 11 is 0. The molecule has 0 aromatic rings. The van der Waals surface area contributed by atoms with Gasteiger partial charge in [-0.2, -0.15) is 0 Å². The summed E-state index contributed by atoms with van der Waals surface area (Å²) in [7, 11) is 0. The van der Waals surface area contributed by atoms with Crippen LogP contribution in [0.5, 0.6) is 0 Å². The summed E-state index contributed by atoms with van der Waals surface area (Å²) < 4.78 is 0. The van der Waals surface area contributed by atoms with E-state index in [-0.39, 0.29) is 5.92 Å². The molecule has 26 heavy (non-hydrogen) atoms. The van der Waals surface area contributed by atoms with Crippen LogP contribution in [0.3, 0.4) is 0 Å². The minimum Gasteiger partial charge on any atom is -0.342 e. The largest absolute Gasteiger partial charge is 0.342 e. The first-order chi connectivity index (χ1) is 12.4. The highest BCUT2D eigenvalue weighted by Crippen LogP contribution is 2.46. The second kappa shape index (κ2) is 8.63. The van der Waals surface area contributed by atoms with Crippen LogP contribution < -0.4 is 0 Å². The van der Waals surface area contributed by atoms with E-state index in [2.05, 4.69) is 23.6 Å². The Morgan fingerprint density at radius 2 is 1.46 bits per heavy atom. The molecule has 3 aliphatic rings. The van der Waals surface area contributed by atoms with Gasteiger partial charge in [-0.3, -0.25) is 4.79 Å². The molecular weight excluding hydrogens is 320 g/mol. The molecule has 0 bridgehead atoms. The van der Waals surface area contributed by atoms with Crippen LogP contribution in [0.4, 0.5) is 0 Å². The maximum atomic E-state index is 12.2. The number of amides is 1. The minimum absolute atomic E-state index is 0.152. The van der Waals surface area contributed by atoms with Crippen molar-refractivity contribution < 1.29 is 4.79 Å². The molecule has 2 heterocycles. The normalized spacial score (nSPS) is 26.2. The minimum atomic E-state index is 0.152. The third-order valence-electron chi connectivity index (χ3n) is 7.89. The molecule has 0 atom stereocenters. The Morgan fingerprint density at radius 1 is 0.885 bits per heavy atom. The Bertz CT molecular complexity index is 447. The van der Waals surface area contributed by atoms with Gasteiger partial charge in [0.25, 0.3) is 0 Å². The lowest BCUT2D eigenvalue weighted by molar-refractivity contribution is -0.137. The van der Waals surface area contributed by atoms with E-state index in [1.165, 1.54) is 71.0 Å². The second-order valence-corrected chi connectivity index (χ2v) is 10.3. The molecule has 1 aliphatic carbocycles. The van der Waals surface area contributed by atoms with E-state index in [0.717, 1.165) is 30.8 Å². The van der Waals surface area contributed by atoms with Crippen LogP contribution >= 0.6 is 0 Å². The molecule has 0 N–H and O–H groups in total. The average molecular weight is 363 g/mol. The van der Waals surface area contributed by atoms with Crippen molar-refractivity contribution in [3.05, 3.63) is 0 Å². The molecule has 0 aromatic carbocycles. The number of carbonyl (C=O) groups is 1. The van der Waals surface area contributed by atoms with E-state index in [4.69, 9.17) is 0 Å². The van der Waals surface area contributed by atoms with E-state index in [1.54, 1.807) is 0 Å². The van der Waals surface area contributed by atoms with Crippen molar-refractivity contribution in [3.63, 3.8) is 0 Å². The summed E-state index contributed by atoms with van der Waals surface area (Å²) in [6, 6.07) is 0. The Kier molecular flexibility index (Phi) is 6.69. The van der Waals surface area contributed by atoms with Gasteiger partial charge in [-0.05, 0) is 87.6 Å². The van der Waals surface area contributed by atoms with Crippen LogP contribution in [0.2, 0.25) is 0 Å². The summed E-state index contributed by atoms with van der Waals surface area (Å²) in [4.78, 5) is 17.1. The summed E-state index contributed by atoms with van der Waals surface area (Å²) in [6.45, 7) is 14.9. The number of hydrogen-bond donors (Lipinski definition) is 0. The first kappa shape index (κ1) is 20.2. The Balaban J connectivity index is 1.39. The summed E-state index contributed by atoms with van der Waals surface area (Å²) in [5, 5.41) is 0. The van der Waals surface area contributed by atoms with Crippen molar-refractivity contribution in [2.24, 2.45) is 29.1 Å². The first-order valence-corrected chi connectivity index (χ1v) is 11.4. The predicted octanol–water partition coefficient (Wildman–Crippen LogP) is 4.81. The number of nitrogens with zero attached hydrogens (tertiary/aromatic N) is 2. The molecular formula is C23H42N2O. The Hall–Kier alpha value is -0.570. The van der Waals surface area contributed by atoms with Gasteiger partial charge in [0.1, 0.15) is 0 Å². The highest BCUT2D eigenvalue weighted by atomic mass is 16.2. The third-order valence-corrected chi connectivity index (χ3v) is 7.89. The van der Waals surface area contributed by atoms with Gasteiger partial charge >= 0.3 is 0 Å². The van der Waals surface area contributed by atoms with Gasteiger partial charge < -0.3 is 9.80 Å². The van der Waals surface area contributed by atoms with Crippen molar-refractivity contribution in [2.45, 2.75) is 79.1 Å². The van der Waals surface area contributed by atoms with Crippen molar-refractivity contribution in [3.8, 4) is 0 Å². The molecule has 2 saturated heterocycles. The van der Waals surface area contributed by atoms with Crippen LogP contribution in [0.15, 0.2) is 0 Å². The molecule has 3 nitrogen and oxygen atoms in total. The Labute approximate surface area is 161 Å². The third kappa shape index (κ3) is 4.82. The molecule has 0 radical (unpaired) electrons. The van der Waals surface area contributed by atoms with E-state index in [0.29, 0.717) is 11.3 Å². The Morgan fingerprint density at radius 3 is 1.96 bits per heavy atom. The van der Waals surface area contributed by atoms with Gasteiger partial charge in [0.2, 0.25) is 5.91 Å². The monoisotopic (exact) mass is 362 g/mol. The highest BCUT2D eigenvalue weighted by Gasteiger charge is 2.39. The van der Waals surface area contributed by atoms with Gasteiger partial charge in [-0.15, -0.1) is 0 Å². The smallest absolute Gasteiger partial charge is 0.225 e. The number of rotatable bonds is 4. The van der Waals surface area contributed by atoms with E-state index in [9.17, 15) is 4.79 Å². The fourth-order valence-corrected chi connectivity index (χ4v) is 5.71. The average Bonchev–Trinajstić information content (AvgIpc) is 2.64. The SMILES string of the molecule is CC(C)C(=O)N1CCC2(CCC(CN3CCC(C(C)C)CC3)CC2)CC1. The maximum absolute atomic E-state index is 12.2. The van der Waals surface area contributed by atoms with Crippen LogP contribution in [0.1, 0.15) is 79.1 Å². The maximum Gasteiger partial charge on any atom is 0.225 e. The molecule has 3 rings (SSSR count). The lowest BCUT2D eigenvalue weighted by Crippen LogP contribution is -2.46. The number of likely N-dealkylation sites (tertiary alicyclic amines) is 2.